The van der Waals surface area contributed by atoms with Gasteiger partial charge in [-0.15, -0.1) is 11.3 Å². The number of carbonyl (C=O) groups is 1. The summed E-state index contributed by atoms with van der Waals surface area (Å²) in [6.45, 7) is 0.0907. The number of ether oxygens (including phenoxy) is 2. The number of methoxy groups -OCH3 is 1. The van der Waals surface area contributed by atoms with Crippen LogP contribution in [0.25, 0.3) is 0 Å². The van der Waals surface area contributed by atoms with Gasteiger partial charge in [0.05, 0.1) is 23.0 Å². The largest absolute Gasteiger partial charge is 0.496 e. The van der Waals surface area contributed by atoms with Crippen molar-refractivity contribution in [3.05, 3.63) is 80.3 Å². The number of hydrogen-bond donors (Lipinski definition) is 1. The van der Waals surface area contributed by atoms with Crippen LogP contribution < -0.4 is 14.8 Å². The fourth-order valence-electron chi connectivity index (χ4n) is 2.37. The Bertz CT molecular complexity index is 1020. The molecule has 1 heterocycles. The van der Waals surface area contributed by atoms with E-state index in [9.17, 15) is 19.3 Å². The van der Waals surface area contributed by atoms with Gasteiger partial charge in [-0.3, -0.25) is 14.9 Å². The number of nitro benzene ring substituents is 1. The van der Waals surface area contributed by atoms with Crippen molar-refractivity contribution in [2.45, 2.75) is 6.61 Å². The lowest BCUT2D eigenvalue weighted by Gasteiger charge is -2.07. The van der Waals surface area contributed by atoms with Crippen LogP contribution in [0.1, 0.15) is 15.2 Å². The lowest BCUT2D eigenvalue weighted by Crippen LogP contribution is -2.11. The molecule has 3 rings (SSSR count). The van der Waals surface area contributed by atoms with Gasteiger partial charge in [0.2, 0.25) is 0 Å². The van der Waals surface area contributed by atoms with Crippen molar-refractivity contribution in [3.8, 4) is 11.5 Å². The number of rotatable bonds is 7. The fourth-order valence-corrected chi connectivity index (χ4v) is 3.16. The molecule has 0 bridgehead atoms. The second kappa shape index (κ2) is 8.49. The Morgan fingerprint density at radius 1 is 1.25 bits per heavy atom. The zero-order valence-corrected chi connectivity index (χ0v) is 15.5. The SMILES string of the molecule is COc1ccc(NC(=O)c2cc(COc3ccccc3F)cs2)c([N+](=O)[O-])c1. The molecule has 9 heteroatoms. The molecule has 144 valence electrons. The molecule has 1 N–H and O–H groups in total. The number of hydrogen-bond acceptors (Lipinski definition) is 6. The summed E-state index contributed by atoms with van der Waals surface area (Å²) in [6, 6.07) is 11.8. The van der Waals surface area contributed by atoms with E-state index >= 15 is 0 Å². The minimum Gasteiger partial charge on any atom is -0.496 e. The third kappa shape index (κ3) is 4.44. The average Bonchev–Trinajstić information content (AvgIpc) is 3.16. The van der Waals surface area contributed by atoms with Crippen molar-refractivity contribution in [3.63, 3.8) is 0 Å². The van der Waals surface area contributed by atoms with E-state index in [0.717, 1.165) is 11.3 Å². The molecule has 0 radical (unpaired) electrons. The topological polar surface area (TPSA) is 90.7 Å². The van der Waals surface area contributed by atoms with Crippen molar-refractivity contribution in [1.82, 2.24) is 0 Å². The Hall–Kier alpha value is -3.46. The highest BCUT2D eigenvalue weighted by Crippen LogP contribution is 2.30. The monoisotopic (exact) mass is 402 g/mol. The Balaban J connectivity index is 1.69. The van der Waals surface area contributed by atoms with Gasteiger partial charge in [-0.05, 0) is 35.7 Å². The van der Waals surface area contributed by atoms with Crippen LogP contribution in [0.3, 0.4) is 0 Å². The number of anilines is 1. The lowest BCUT2D eigenvalue weighted by atomic mass is 10.2. The summed E-state index contributed by atoms with van der Waals surface area (Å²) in [5.41, 5.74) is 0.475. The van der Waals surface area contributed by atoms with E-state index in [0.29, 0.717) is 16.2 Å². The zero-order valence-electron chi connectivity index (χ0n) is 14.7. The van der Waals surface area contributed by atoms with Crippen LogP contribution in [-0.2, 0) is 6.61 Å². The molecule has 0 saturated heterocycles. The summed E-state index contributed by atoms with van der Waals surface area (Å²) >= 11 is 1.16. The first-order valence-electron chi connectivity index (χ1n) is 8.06. The Kier molecular flexibility index (Phi) is 5.85. The first-order valence-corrected chi connectivity index (χ1v) is 8.94. The number of thiophene rings is 1. The molecule has 0 aliphatic heterocycles. The summed E-state index contributed by atoms with van der Waals surface area (Å²) in [4.78, 5) is 23.4. The quantitative estimate of drug-likeness (QED) is 0.459. The van der Waals surface area contributed by atoms with E-state index in [1.807, 2.05) is 0 Å². The molecule has 3 aromatic rings. The molecule has 0 atom stereocenters. The van der Waals surface area contributed by atoms with E-state index in [1.165, 1.54) is 37.4 Å². The number of nitrogens with zero attached hydrogens (tertiary/aromatic N) is 1. The molecular formula is C19H15FN2O5S. The summed E-state index contributed by atoms with van der Waals surface area (Å²) in [7, 11) is 1.40. The van der Waals surface area contributed by atoms with Crippen molar-refractivity contribution in [2.75, 3.05) is 12.4 Å². The minimum absolute atomic E-state index is 0.0633. The number of nitrogens with one attached hydrogen (secondary N) is 1. The number of amides is 1. The van der Waals surface area contributed by atoms with Crippen molar-refractivity contribution in [2.24, 2.45) is 0 Å². The predicted molar refractivity (Wildman–Crippen MR) is 103 cm³/mol. The normalized spacial score (nSPS) is 10.4. The van der Waals surface area contributed by atoms with E-state index in [1.54, 1.807) is 23.6 Å². The van der Waals surface area contributed by atoms with Gasteiger partial charge in [0, 0.05) is 5.56 Å². The molecule has 1 aromatic heterocycles. The first-order chi connectivity index (χ1) is 13.5. The second-order valence-electron chi connectivity index (χ2n) is 5.63. The van der Waals surface area contributed by atoms with E-state index < -0.39 is 16.6 Å². The van der Waals surface area contributed by atoms with Gasteiger partial charge in [-0.25, -0.2) is 4.39 Å². The third-order valence-corrected chi connectivity index (χ3v) is 4.74. The van der Waals surface area contributed by atoms with Gasteiger partial charge in [0.1, 0.15) is 18.0 Å². The number of para-hydroxylation sites is 1. The third-order valence-electron chi connectivity index (χ3n) is 3.76. The second-order valence-corrected chi connectivity index (χ2v) is 6.54. The Morgan fingerprint density at radius 3 is 2.75 bits per heavy atom. The van der Waals surface area contributed by atoms with E-state index in [4.69, 9.17) is 9.47 Å². The van der Waals surface area contributed by atoms with Crippen LogP contribution in [0.5, 0.6) is 11.5 Å². The number of halogens is 1. The molecule has 0 aliphatic rings. The molecule has 0 saturated carbocycles. The number of benzene rings is 2. The van der Waals surface area contributed by atoms with Crippen LogP contribution in [0.2, 0.25) is 0 Å². The number of carbonyl (C=O) groups excluding carboxylic acids is 1. The first kappa shape index (κ1) is 19.3. The van der Waals surface area contributed by atoms with Crippen LogP contribution in [0.4, 0.5) is 15.8 Å². The standard InChI is InChI=1S/C19H15FN2O5S/c1-26-13-6-7-15(16(9-13)22(24)25)21-19(23)18-8-12(11-28-18)10-27-17-5-3-2-4-14(17)20/h2-9,11H,10H2,1H3,(H,21,23). The minimum atomic E-state index is -0.597. The smallest absolute Gasteiger partial charge is 0.296 e. The van der Waals surface area contributed by atoms with Gasteiger partial charge in [0.25, 0.3) is 11.6 Å². The lowest BCUT2D eigenvalue weighted by molar-refractivity contribution is -0.384. The van der Waals surface area contributed by atoms with Gasteiger partial charge < -0.3 is 14.8 Å². The predicted octanol–water partition coefficient (Wildman–Crippen LogP) is 4.64. The molecule has 0 unspecified atom stereocenters. The average molecular weight is 402 g/mol. The summed E-state index contributed by atoms with van der Waals surface area (Å²) < 4.78 is 24.0. The maximum Gasteiger partial charge on any atom is 0.296 e. The van der Waals surface area contributed by atoms with Gasteiger partial charge in [-0.1, -0.05) is 12.1 Å². The summed E-state index contributed by atoms with van der Waals surface area (Å²) in [5, 5.41) is 15.4. The molecule has 28 heavy (non-hydrogen) atoms. The van der Waals surface area contributed by atoms with Crippen molar-refractivity contribution in [1.29, 1.82) is 0 Å². The van der Waals surface area contributed by atoms with Crippen LogP contribution in [0, 0.1) is 15.9 Å². The van der Waals surface area contributed by atoms with Crippen LogP contribution in [-0.4, -0.2) is 17.9 Å². The Morgan fingerprint density at radius 2 is 2.04 bits per heavy atom. The highest BCUT2D eigenvalue weighted by atomic mass is 32.1. The molecule has 2 aromatic carbocycles. The molecule has 7 nitrogen and oxygen atoms in total. The summed E-state index contributed by atoms with van der Waals surface area (Å²) in [6.07, 6.45) is 0. The fraction of sp³-hybridized carbons (Fsp3) is 0.105. The maximum atomic E-state index is 13.6. The number of nitro groups is 1. The van der Waals surface area contributed by atoms with Crippen LogP contribution in [0.15, 0.2) is 53.9 Å². The maximum absolute atomic E-state index is 13.6. The van der Waals surface area contributed by atoms with Gasteiger partial charge in [-0.2, -0.15) is 0 Å². The highest BCUT2D eigenvalue weighted by molar-refractivity contribution is 7.12. The van der Waals surface area contributed by atoms with Crippen LogP contribution >= 0.6 is 11.3 Å². The van der Waals surface area contributed by atoms with Gasteiger partial charge >= 0.3 is 0 Å². The molecular weight excluding hydrogens is 387 g/mol. The molecule has 1 amide bonds. The van der Waals surface area contributed by atoms with Crippen molar-refractivity contribution >= 4 is 28.6 Å². The van der Waals surface area contributed by atoms with E-state index in [2.05, 4.69) is 5.32 Å². The molecule has 0 spiro atoms. The van der Waals surface area contributed by atoms with Crippen molar-refractivity contribution < 1.29 is 23.6 Å². The molecule has 0 fully saturated rings. The summed E-state index contributed by atoms with van der Waals surface area (Å²) in [5.74, 6) is -0.528. The highest BCUT2D eigenvalue weighted by Gasteiger charge is 2.19. The Labute approximate surface area is 163 Å². The zero-order chi connectivity index (χ0) is 20.1. The van der Waals surface area contributed by atoms with Gasteiger partial charge in [0.15, 0.2) is 11.6 Å². The molecule has 0 aliphatic carbocycles. The van der Waals surface area contributed by atoms with E-state index in [-0.39, 0.29) is 23.7 Å².